The van der Waals surface area contributed by atoms with Crippen LogP contribution in [-0.2, 0) is 17.9 Å². The molecule has 8 nitrogen and oxygen atoms in total. The fourth-order valence-electron chi connectivity index (χ4n) is 5.07. The van der Waals surface area contributed by atoms with Crippen LogP contribution in [0.5, 0.6) is 0 Å². The van der Waals surface area contributed by atoms with Crippen molar-refractivity contribution < 1.29 is 14.0 Å². The van der Waals surface area contributed by atoms with Gasteiger partial charge in [0, 0.05) is 51.9 Å². The number of imide groups is 1. The van der Waals surface area contributed by atoms with Crippen LogP contribution >= 0.6 is 0 Å². The number of hydrogen-bond donors (Lipinski definition) is 1. The van der Waals surface area contributed by atoms with E-state index in [0.29, 0.717) is 31.7 Å². The predicted octanol–water partition coefficient (Wildman–Crippen LogP) is 2.31. The minimum atomic E-state index is -0.580. The average molecular weight is 479 g/mol. The quantitative estimate of drug-likeness (QED) is 0.730. The van der Waals surface area contributed by atoms with Crippen molar-refractivity contribution in [2.24, 2.45) is 4.99 Å². The summed E-state index contributed by atoms with van der Waals surface area (Å²) in [7, 11) is 1.67. The Labute approximate surface area is 205 Å². The average Bonchev–Trinajstić information content (AvgIpc) is 3.22. The van der Waals surface area contributed by atoms with Crippen molar-refractivity contribution in [1.82, 2.24) is 24.9 Å². The van der Waals surface area contributed by atoms with E-state index < -0.39 is 18.2 Å². The number of carbonyl (C=O) groups is 2. The zero-order chi connectivity index (χ0) is 24.7. The molecule has 2 aromatic carbocycles. The number of amides is 3. The Morgan fingerprint density at radius 3 is 2.49 bits per heavy atom. The molecule has 0 radical (unpaired) electrons. The van der Waals surface area contributed by atoms with Gasteiger partial charge in [-0.15, -0.1) is 0 Å². The Balaban J connectivity index is 1.37. The van der Waals surface area contributed by atoms with Crippen LogP contribution < -0.4 is 5.32 Å². The fourth-order valence-corrected chi connectivity index (χ4v) is 5.07. The summed E-state index contributed by atoms with van der Waals surface area (Å²) in [5, 5.41) is 2.48. The number of fused-ring (bicyclic) bond motifs is 1. The van der Waals surface area contributed by atoms with Crippen LogP contribution in [0.4, 0.5) is 9.18 Å². The first kappa shape index (κ1) is 23.3. The molecule has 184 valence electrons. The number of guanidine groups is 1. The molecule has 1 N–H and O–H groups in total. The third kappa shape index (κ3) is 4.48. The van der Waals surface area contributed by atoms with Crippen molar-refractivity contribution in [2.75, 3.05) is 33.2 Å². The molecule has 3 aliphatic heterocycles. The van der Waals surface area contributed by atoms with Crippen molar-refractivity contribution in [3.63, 3.8) is 0 Å². The fraction of sp³-hybridized carbons (Fsp3) is 0.423. The Bertz CT molecular complexity index is 1180. The molecular weight excluding hydrogens is 447 g/mol. The summed E-state index contributed by atoms with van der Waals surface area (Å²) in [6, 6.07) is 12.2. The van der Waals surface area contributed by atoms with Gasteiger partial charge in [-0.05, 0) is 31.0 Å². The van der Waals surface area contributed by atoms with E-state index in [1.165, 1.54) is 11.0 Å². The Morgan fingerprint density at radius 2 is 1.74 bits per heavy atom. The van der Waals surface area contributed by atoms with Crippen LogP contribution in [0.2, 0.25) is 0 Å². The molecule has 0 aliphatic carbocycles. The predicted molar refractivity (Wildman–Crippen MR) is 131 cm³/mol. The molecule has 3 amide bonds. The van der Waals surface area contributed by atoms with Gasteiger partial charge in [0.2, 0.25) is 0 Å². The van der Waals surface area contributed by atoms with Gasteiger partial charge in [0.1, 0.15) is 5.82 Å². The number of likely N-dealkylation sites (N-methyl/N-ethyl adjacent to an activating group) is 1. The summed E-state index contributed by atoms with van der Waals surface area (Å²) < 4.78 is 14.1. The normalized spacial score (nSPS) is 22.9. The summed E-state index contributed by atoms with van der Waals surface area (Å²) in [4.78, 5) is 38.1. The summed E-state index contributed by atoms with van der Waals surface area (Å²) >= 11 is 0. The molecule has 0 bridgehead atoms. The van der Waals surface area contributed by atoms with E-state index in [2.05, 4.69) is 47.2 Å². The first-order valence-corrected chi connectivity index (χ1v) is 12.0. The SMILES string of the molecule is Cc1ccc(C)c(CN2C(N3CCN(Cc4ccccc4F)CC3)=NC3C2C(=O)NC(=O)N3C)c1. The van der Waals surface area contributed by atoms with E-state index in [1.54, 1.807) is 13.1 Å². The third-order valence-electron chi connectivity index (χ3n) is 7.19. The van der Waals surface area contributed by atoms with Crippen molar-refractivity contribution in [3.8, 4) is 0 Å². The third-order valence-corrected chi connectivity index (χ3v) is 7.19. The van der Waals surface area contributed by atoms with Crippen LogP contribution in [0.1, 0.15) is 22.3 Å². The van der Waals surface area contributed by atoms with Gasteiger partial charge in [0.15, 0.2) is 18.2 Å². The van der Waals surface area contributed by atoms with E-state index in [0.717, 1.165) is 35.7 Å². The van der Waals surface area contributed by atoms with E-state index in [1.807, 2.05) is 17.0 Å². The molecule has 9 heteroatoms. The highest BCUT2D eigenvalue weighted by molar-refractivity contribution is 6.03. The second-order valence-electron chi connectivity index (χ2n) is 9.61. The maximum atomic E-state index is 14.1. The Kier molecular flexibility index (Phi) is 6.19. The maximum absolute atomic E-state index is 14.1. The van der Waals surface area contributed by atoms with Gasteiger partial charge in [-0.1, -0.05) is 42.0 Å². The van der Waals surface area contributed by atoms with E-state index in [4.69, 9.17) is 4.99 Å². The van der Waals surface area contributed by atoms with Gasteiger partial charge in [0.05, 0.1) is 0 Å². The lowest BCUT2D eigenvalue weighted by molar-refractivity contribution is -0.127. The van der Waals surface area contributed by atoms with Gasteiger partial charge < -0.3 is 14.7 Å². The smallest absolute Gasteiger partial charge is 0.325 e. The summed E-state index contributed by atoms with van der Waals surface area (Å²) in [5.41, 5.74) is 4.12. The molecule has 2 atom stereocenters. The van der Waals surface area contributed by atoms with Crippen molar-refractivity contribution >= 4 is 17.9 Å². The molecule has 0 aromatic heterocycles. The van der Waals surface area contributed by atoms with E-state index >= 15 is 0 Å². The first-order valence-electron chi connectivity index (χ1n) is 12.0. The van der Waals surface area contributed by atoms with Crippen molar-refractivity contribution in [1.29, 1.82) is 0 Å². The van der Waals surface area contributed by atoms with Crippen molar-refractivity contribution in [2.45, 2.75) is 39.1 Å². The monoisotopic (exact) mass is 478 g/mol. The van der Waals surface area contributed by atoms with Crippen LogP contribution in [-0.4, -0.2) is 82.9 Å². The number of benzene rings is 2. The number of piperazine rings is 1. The number of nitrogens with one attached hydrogen (secondary N) is 1. The highest BCUT2D eigenvalue weighted by Crippen LogP contribution is 2.29. The lowest BCUT2D eigenvalue weighted by Gasteiger charge is -2.40. The van der Waals surface area contributed by atoms with Gasteiger partial charge in [-0.25, -0.2) is 14.2 Å². The second kappa shape index (κ2) is 9.30. The molecular formula is C26H31FN6O2. The first-order chi connectivity index (χ1) is 16.8. The number of halogens is 1. The van der Waals surface area contributed by atoms with Crippen LogP contribution in [0.3, 0.4) is 0 Å². The number of urea groups is 1. The summed E-state index contributed by atoms with van der Waals surface area (Å²) in [6.07, 6.45) is -0.562. The zero-order valence-electron chi connectivity index (χ0n) is 20.4. The lowest BCUT2D eigenvalue weighted by atomic mass is 10.0. The number of aryl methyl sites for hydroxylation is 2. The van der Waals surface area contributed by atoms with Crippen LogP contribution in [0, 0.1) is 19.7 Å². The number of nitrogens with zero attached hydrogens (tertiary/aromatic N) is 5. The highest BCUT2D eigenvalue weighted by Gasteiger charge is 2.49. The molecule has 2 saturated heterocycles. The molecule has 0 saturated carbocycles. The lowest BCUT2D eigenvalue weighted by Crippen LogP contribution is -2.64. The topological polar surface area (TPSA) is 71.5 Å². The number of aliphatic imine (C=N–C) groups is 1. The van der Waals surface area contributed by atoms with Gasteiger partial charge in [-0.3, -0.25) is 15.0 Å². The highest BCUT2D eigenvalue weighted by atomic mass is 19.1. The van der Waals surface area contributed by atoms with Gasteiger partial charge in [0.25, 0.3) is 5.91 Å². The van der Waals surface area contributed by atoms with E-state index in [9.17, 15) is 14.0 Å². The van der Waals surface area contributed by atoms with Gasteiger partial charge >= 0.3 is 6.03 Å². The largest absolute Gasteiger partial charge is 0.340 e. The minimum Gasteiger partial charge on any atom is -0.340 e. The maximum Gasteiger partial charge on any atom is 0.325 e. The number of hydrogen-bond acceptors (Lipinski definition) is 6. The number of carbonyl (C=O) groups excluding carboxylic acids is 2. The van der Waals surface area contributed by atoms with E-state index in [-0.39, 0.29) is 11.7 Å². The van der Waals surface area contributed by atoms with Crippen LogP contribution in [0.15, 0.2) is 47.5 Å². The Morgan fingerprint density at radius 1 is 1.00 bits per heavy atom. The van der Waals surface area contributed by atoms with Crippen LogP contribution in [0.25, 0.3) is 0 Å². The molecule has 35 heavy (non-hydrogen) atoms. The molecule has 2 unspecified atom stereocenters. The second-order valence-corrected chi connectivity index (χ2v) is 9.61. The molecule has 3 aliphatic rings. The Hall–Kier alpha value is -3.46. The minimum absolute atomic E-state index is 0.183. The van der Waals surface area contributed by atoms with Crippen molar-refractivity contribution in [3.05, 3.63) is 70.5 Å². The zero-order valence-corrected chi connectivity index (χ0v) is 20.4. The molecule has 5 rings (SSSR count). The molecule has 3 heterocycles. The van der Waals surface area contributed by atoms with Gasteiger partial charge in [-0.2, -0.15) is 0 Å². The standard InChI is InChI=1S/C26H31FN6O2/c1-17-8-9-18(2)20(14-17)16-33-22-23(30(3)26(35)29-24(22)34)28-25(33)32-12-10-31(11-13-32)15-19-6-4-5-7-21(19)27/h4-9,14,22-23H,10-13,15-16H2,1-3H3,(H,29,34,35). The number of rotatable bonds is 4. The summed E-state index contributed by atoms with van der Waals surface area (Å²) in [5.74, 6) is 0.237. The molecule has 2 fully saturated rings. The molecule has 0 spiro atoms. The molecule has 2 aromatic rings. The summed E-state index contributed by atoms with van der Waals surface area (Å²) in [6.45, 7) is 8.12.